The van der Waals surface area contributed by atoms with Gasteiger partial charge in [0, 0.05) is 10.0 Å². The normalized spacial score (nSPS) is 17.8. The van der Waals surface area contributed by atoms with Gasteiger partial charge in [-0.3, -0.25) is 0 Å². The average molecular weight is 322 g/mol. The van der Waals surface area contributed by atoms with Crippen molar-refractivity contribution in [2.24, 2.45) is 5.73 Å². The molecular weight excluding hydrogens is 306 g/mol. The second-order valence-electron chi connectivity index (χ2n) is 5.25. The zero-order chi connectivity index (χ0) is 13.5. The van der Waals surface area contributed by atoms with Crippen molar-refractivity contribution in [3.05, 3.63) is 34.1 Å². The lowest BCUT2D eigenvalue weighted by molar-refractivity contribution is 0.372. The number of hydrogen-bond donors (Lipinski definition) is 1. The van der Waals surface area contributed by atoms with Crippen molar-refractivity contribution in [2.45, 2.75) is 38.1 Å². The minimum absolute atomic E-state index is 0.397. The number of nitrogens with zero attached hydrogens (tertiary/aromatic N) is 2. The van der Waals surface area contributed by atoms with Crippen LogP contribution in [0.3, 0.4) is 0 Å². The molecule has 1 aliphatic rings. The Hall–Kier alpha value is -1.20. The van der Waals surface area contributed by atoms with Gasteiger partial charge in [-0.15, -0.1) is 0 Å². The van der Waals surface area contributed by atoms with Crippen molar-refractivity contribution in [1.82, 2.24) is 10.1 Å². The van der Waals surface area contributed by atoms with E-state index in [0.717, 1.165) is 41.3 Å². The second-order valence-corrected chi connectivity index (χ2v) is 6.10. The molecule has 0 aliphatic heterocycles. The molecule has 1 aliphatic carbocycles. The predicted octanol–water partition coefficient (Wildman–Crippen LogP) is 3.54. The molecular formula is C14H16BrN3O. The second kappa shape index (κ2) is 4.72. The van der Waals surface area contributed by atoms with E-state index in [1.165, 1.54) is 0 Å². The van der Waals surface area contributed by atoms with Crippen LogP contribution in [0.4, 0.5) is 0 Å². The lowest BCUT2D eigenvalue weighted by atomic mass is 9.98. The van der Waals surface area contributed by atoms with Gasteiger partial charge in [0.1, 0.15) is 0 Å². The van der Waals surface area contributed by atoms with E-state index in [1.54, 1.807) is 0 Å². The molecule has 4 nitrogen and oxygen atoms in total. The fourth-order valence-electron chi connectivity index (χ4n) is 2.55. The van der Waals surface area contributed by atoms with Gasteiger partial charge in [-0.1, -0.05) is 33.9 Å². The summed E-state index contributed by atoms with van der Waals surface area (Å²) in [4.78, 5) is 4.49. The van der Waals surface area contributed by atoms with E-state index in [-0.39, 0.29) is 0 Å². The SMILES string of the molecule is Cc1cc(-c2nc(C3(N)CCCC3)no2)ccc1Br. The number of rotatable bonds is 2. The fraction of sp³-hybridized carbons (Fsp3) is 0.429. The Balaban J connectivity index is 1.94. The topological polar surface area (TPSA) is 64.9 Å². The smallest absolute Gasteiger partial charge is 0.258 e. The van der Waals surface area contributed by atoms with Gasteiger partial charge in [0.05, 0.1) is 5.54 Å². The highest BCUT2D eigenvalue weighted by Gasteiger charge is 2.36. The number of nitrogens with two attached hydrogens (primary N) is 1. The maximum Gasteiger partial charge on any atom is 0.258 e. The first-order valence-corrected chi connectivity index (χ1v) is 7.27. The summed E-state index contributed by atoms with van der Waals surface area (Å²) in [6.45, 7) is 2.03. The molecule has 2 aromatic rings. The van der Waals surface area contributed by atoms with Gasteiger partial charge in [0.25, 0.3) is 5.89 Å². The Bertz CT molecular complexity index is 602. The van der Waals surface area contributed by atoms with Crippen LogP contribution in [-0.4, -0.2) is 10.1 Å². The molecule has 0 radical (unpaired) electrons. The zero-order valence-corrected chi connectivity index (χ0v) is 12.4. The Morgan fingerprint density at radius 1 is 1.32 bits per heavy atom. The van der Waals surface area contributed by atoms with Crippen LogP contribution >= 0.6 is 15.9 Å². The number of hydrogen-bond acceptors (Lipinski definition) is 4. The Morgan fingerprint density at radius 2 is 2.05 bits per heavy atom. The van der Waals surface area contributed by atoms with Gasteiger partial charge in [0.15, 0.2) is 5.82 Å². The van der Waals surface area contributed by atoms with Crippen LogP contribution in [0.15, 0.2) is 27.2 Å². The molecule has 1 heterocycles. The summed E-state index contributed by atoms with van der Waals surface area (Å²) in [5, 5.41) is 4.08. The van der Waals surface area contributed by atoms with Gasteiger partial charge >= 0.3 is 0 Å². The number of benzene rings is 1. The van der Waals surface area contributed by atoms with Gasteiger partial charge in [-0.05, 0) is 43.5 Å². The molecule has 0 unspecified atom stereocenters. The minimum atomic E-state index is -0.397. The highest BCUT2D eigenvalue weighted by molar-refractivity contribution is 9.10. The molecule has 0 spiro atoms. The maximum absolute atomic E-state index is 6.33. The van der Waals surface area contributed by atoms with Crippen LogP contribution in [0.25, 0.3) is 11.5 Å². The van der Waals surface area contributed by atoms with Crippen molar-refractivity contribution in [3.63, 3.8) is 0 Å². The molecule has 1 aromatic carbocycles. The summed E-state index contributed by atoms with van der Waals surface area (Å²) >= 11 is 3.48. The molecule has 100 valence electrons. The standard InChI is InChI=1S/C14H16BrN3O/c1-9-8-10(4-5-11(9)15)12-17-13(18-19-12)14(16)6-2-3-7-14/h4-5,8H,2-3,6-7,16H2,1H3. The minimum Gasteiger partial charge on any atom is -0.334 e. The van der Waals surface area contributed by atoms with Crippen molar-refractivity contribution in [3.8, 4) is 11.5 Å². The lowest BCUT2D eigenvalue weighted by Crippen LogP contribution is -2.34. The van der Waals surface area contributed by atoms with Crippen LogP contribution < -0.4 is 5.73 Å². The summed E-state index contributed by atoms with van der Waals surface area (Å²) in [7, 11) is 0. The largest absolute Gasteiger partial charge is 0.334 e. The summed E-state index contributed by atoms with van der Waals surface area (Å²) in [5.41, 5.74) is 8.01. The van der Waals surface area contributed by atoms with Crippen molar-refractivity contribution in [2.75, 3.05) is 0 Å². The van der Waals surface area contributed by atoms with E-state index in [1.807, 2.05) is 25.1 Å². The molecule has 0 atom stereocenters. The lowest BCUT2D eigenvalue weighted by Gasteiger charge is -2.17. The fourth-order valence-corrected chi connectivity index (χ4v) is 2.80. The molecule has 0 amide bonds. The molecule has 19 heavy (non-hydrogen) atoms. The van der Waals surface area contributed by atoms with E-state index in [4.69, 9.17) is 10.3 Å². The van der Waals surface area contributed by atoms with Crippen LogP contribution in [0.5, 0.6) is 0 Å². The summed E-state index contributed by atoms with van der Waals surface area (Å²) in [6.07, 6.45) is 4.15. The van der Waals surface area contributed by atoms with E-state index in [0.29, 0.717) is 11.7 Å². The van der Waals surface area contributed by atoms with E-state index in [2.05, 4.69) is 26.1 Å². The number of halogens is 1. The molecule has 0 bridgehead atoms. The first-order chi connectivity index (χ1) is 9.08. The van der Waals surface area contributed by atoms with Crippen LogP contribution in [-0.2, 0) is 5.54 Å². The van der Waals surface area contributed by atoms with Crippen molar-refractivity contribution in [1.29, 1.82) is 0 Å². The van der Waals surface area contributed by atoms with E-state index < -0.39 is 5.54 Å². The molecule has 2 N–H and O–H groups in total. The third-order valence-electron chi connectivity index (χ3n) is 3.77. The summed E-state index contributed by atoms with van der Waals surface area (Å²) < 4.78 is 6.44. The molecule has 1 fully saturated rings. The Kier molecular flexibility index (Phi) is 3.19. The highest BCUT2D eigenvalue weighted by atomic mass is 79.9. The van der Waals surface area contributed by atoms with E-state index >= 15 is 0 Å². The zero-order valence-electron chi connectivity index (χ0n) is 10.8. The summed E-state index contributed by atoms with van der Waals surface area (Å²) in [5.74, 6) is 1.18. The molecule has 1 aromatic heterocycles. The van der Waals surface area contributed by atoms with Crippen molar-refractivity contribution >= 4 is 15.9 Å². The highest BCUT2D eigenvalue weighted by Crippen LogP contribution is 2.35. The van der Waals surface area contributed by atoms with Gasteiger partial charge in [-0.2, -0.15) is 4.98 Å². The third kappa shape index (κ3) is 2.32. The van der Waals surface area contributed by atoms with Gasteiger partial charge in [0.2, 0.25) is 0 Å². The molecule has 1 saturated carbocycles. The molecule has 0 saturated heterocycles. The van der Waals surface area contributed by atoms with E-state index in [9.17, 15) is 0 Å². The number of aryl methyl sites for hydroxylation is 1. The number of aromatic nitrogens is 2. The molecule has 5 heteroatoms. The molecule has 3 rings (SSSR count). The van der Waals surface area contributed by atoms with Gasteiger partial charge < -0.3 is 10.3 Å². The maximum atomic E-state index is 6.33. The van der Waals surface area contributed by atoms with Gasteiger partial charge in [-0.25, -0.2) is 0 Å². The van der Waals surface area contributed by atoms with Crippen LogP contribution in [0, 0.1) is 6.92 Å². The third-order valence-corrected chi connectivity index (χ3v) is 4.66. The summed E-state index contributed by atoms with van der Waals surface area (Å²) in [6, 6.07) is 5.98. The van der Waals surface area contributed by atoms with Crippen LogP contribution in [0.1, 0.15) is 37.1 Å². The Morgan fingerprint density at radius 3 is 2.74 bits per heavy atom. The first-order valence-electron chi connectivity index (χ1n) is 6.48. The van der Waals surface area contributed by atoms with Crippen molar-refractivity contribution < 1.29 is 4.52 Å². The van der Waals surface area contributed by atoms with Crippen LogP contribution in [0.2, 0.25) is 0 Å². The first kappa shape index (κ1) is 12.8. The predicted molar refractivity (Wildman–Crippen MR) is 76.5 cm³/mol. The quantitative estimate of drug-likeness (QED) is 0.918. The Labute approximate surface area is 120 Å². The monoisotopic (exact) mass is 321 g/mol. The average Bonchev–Trinajstić information content (AvgIpc) is 3.02.